The average Bonchev–Trinajstić information content (AvgIpc) is 2.64. The maximum Gasteiger partial charge on any atom is 0.274 e. The van der Waals surface area contributed by atoms with Gasteiger partial charge in [0.15, 0.2) is 0 Å². The van der Waals surface area contributed by atoms with Gasteiger partial charge in [-0.3, -0.25) is 14.5 Å². The fourth-order valence-electron chi connectivity index (χ4n) is 3.21. The van der Waals surface area contributed by atoms with Gasteiger partial charge in [-0.1, -0.05) is 18.2 Å². The lowest BCUT2D eigenvalue weighted by Gasteiger charge is -2.34. The van der Waals surface area contributed by atoms with Crippen LogP contribution in [0.2, 0.25) is 0 Å². The number of aryl methyl sites for hydroxylation is 1. The van der Waals surface area contributed by atoms with Crippen molar-refractivity contribution in [2.45, 2.75) is 12.8 Å². The molecule has 1 aromatic heterocycles. The summed E-state index contributed by atoms with van der Waals surface area (Å²) in [5, 5.41) is 5.67. The second kappa shape index (κ2) is 7.49. The molecule has 0 N–H and O–H groups in total. The molecule has 130 valence electrons. The molecule has 6 nitrogen and oxygen atoms in total. The van der Waals surface area contributed by atoms with Crippen molar-refractivity contribution in [1.82, 2.24) is 19.6 Å². The number of carbonyl (C=O) groups excluding carboxylic acids is 1. The van der Waals surface area contributed by atoms with Gasteiger partial charge in [0.2, 0.25) is 5.91 Å². The van der Waals surface area contributed by atoms with Gasteiger partial charge in [-0.25, -0.2) is 4.68 Å². The second-order valence-electron chi connectivity index (χ2n) is 6.27. The van der Waals surface area contributed by atoms with Gasteiger partial charge in [-0.05, 0) is 6.07 Å². The third-order valence-electron chi connectivity index (χ3n) is 4.65. The number of piperazine rings is 1. The van der Waals surface area contributed by atoms with E-state index < -0.39 is 0 Å². The molecular formula is C19H22N4O2. The minimum Gasteiger partial charge on any atom is -0.340 e. The molecule has 0 spiro atoms. The van der Waals surface area contributed by atoms with Crippen LogP contribution in [0.3, 0.4) is 0 Å². The molecule has 0 radical (unpaired) electrons. The molecule has 1 amide bonds. The van der Waals surface area contributed by atoms with E-state index in [1.54, 1.807) is 13.1 Å². The minimum atomic E-state index is -0.145. The summed E-state index contributed by atoms with van der Waals surface area (Å²) in [6, 6.07) is 7.31. The standard InChI is InChI=1S/C19H22N4O2/c1-3-4-9-22-10-12-23(13-11-22)18(24)14-17-15-7-5-6-8-16(15)19(25)21(2)20-17/h1,5-8H,4,9-14H2,2H3. The molecule has 6 heteroatoms. The van der Waals surface area contributed by atoms with Crippen LogP contribution in [-0.4, -0.2) is 58.2 Å². The molecule has 1 aliphatic heterocycles. The Labute approximate surface area is 147 Å². The number of carbonyl (C=O) groups is 1. The summed E-state index contributed by atoms with van der Waals surface area (Å²) in [4.78, 5) is 29.0. The van der Waals surface area contributed by atoms with Gasteiger partial charge in [0.1, 0.15) is 0 Å². The lowest BCUT2D eigenvalue weighted by molar-refractivity contribution is -0.132. The molecule has 1 fully saturated rings. The van der Waals surface area contributed by atoms with Crippen LogP contribution in [-0.2, 0) is 18.3 Å². The number of rotatable bonds is 4. The zero-order chi connectivity index (χ0) is 17.8. The number of amides is 1. The summed E-state index contributed by atoms with van der Waals surface area (Å²) in [6.07, 6.45) is 6.25. The number of benzene rings is 1. The minimum absolute atomic E-state index is 0.0490. The number of hydrogen-bond donors (Lipinski definition) is 0. The molecular weight excluding hydrogens is 316 g/mol. The van der Waals surface area contributed by atoms with Crippen molar-refractivity contribution in [2.24, 2.45) is 7.05 Å². The summed E-state index contributed by atoms with van der Waals surface area (Å²) in [6.45, 7) is 3.97. The highest BCUT2D eigenvalue weighted by molar-refractivity contribution is 5.88. The van der Waals surface area contributed by atoms with Crippen molar-refractivity contribution < 1.29 is 4.79 Å². The first kappa shape index (κ1) is 17.2. The monoisotopic (exact) mass is 338 g/mol. The molecule has 3 rings (SSSR count). The molecule has 1 saturated heterocycles. The largest absolute Gasteiger partial charge is 0.340 e. The van der Waals surface area contributed by atoms with E-state index in [2.05, 4.69) is 15.9 Å². The molecule has 0 unspecified atom stereocenters. The van der Waals surface area contributed by atoms with E-state index in [1.165, 1.54) is 4.68 Å². The fraction of sp³-hybridized carbons (Fsp3) is 0.421. The zero-order valence-electron chi connectivity index (χ0n) is 14.4. The van der Waals surface area contributed by atoms with Crippen molar-refractivity contribution in [1.29, 1.82) is 0 Å². The smallest absolute Gasteiger partial charge is 0.274 e. The normalized spacial score (nSPS) is 15.3. The highest BCUT2D eigenvalue weighted by Gasteiger charge is 2.22. The van der Waals surface area contributed by atoms with Gasteiger partial charge in [0.25, 0.3) is 5.56 Å². The van der Waals surface area contributed by atoms with E-state index >= 15 is 0 Å². The second-order valence-corrected chi connectivity index (χ2v) is 6.27. The predicted molar refractivity (Wildman–Crippen MR) is 97.2 cm³/mol. The van der Waals surface area contributed by atoms with Crippen LogP contribution >= 0.6 is 0 Å². The summed E-state index contributed by atoms with van der Waals surface area (Å²) in [5.74, 6) is 2.70. The molecule has 0 saturated carbocycles. The predicted octanol–water partition coefficient (Wildman–Crippen LogP) is 0.643. The van der Waals surface area contributed by atoms with Crippen LogP contribution in [0.4, 0.5) is 0 Å². The quantitative estimate of drug-likeness (QED) is 0.768. The fourth-order valence-corrected chi connectivity index (χ4v) is 3.21. The summed E-state index contributed by atoms with van der Waals surface area (Å²) in [5.41, 5.74) is 0.506. The first-order valence-electron chi connectivity index (χ1n) is 8.48. The average molecular weight is 338 g/mol. The third kappa shape index (κ3) is 3.72. The lowest BCUT2D eigenvalue weighted by Crippen LogP contribution is -2.49. The molecule has 2 heterocycles. The number of hydrogen-bond acceptors (Lipinski definition) is 4. The Morgan fingerprint density at radius 3 is 2.56 bits per heavy atom. The highest BCUT2D eigenvalue weighted by atomic mass is 16.2. The Kier molecular flexibility index (Phi) is 5.15. The molecule has 0 bridgehead atoms. The van der Waals surface area contributed by atoms with Crippen molar-refractivity contribution in [3.8, 4) is 12.3 Å². The van der Waals surface area contributed by atoms with Crippen LogP contribution in [0.15, 0.2) is 29.1 Å². The Morgan fingerprint density at radius 1 is 1.20 bits per heavy atom. The molecule has 2 aromatic rings. The Morgan fingerprint density at radius 2 is 1.88 bits per heavy atom. The van der Waals surface area contributed by atoms with E-state index in [0.29, 0.717) is 24.2 Å². The Bertz CT molecular complexity index is 873. The molecule has 1 aliphatic rings. The number of nitrogens with zero attached hydrogens (tertiary/aromatic N) is 4. The summed E-state index contributed by atoms with van der Waals surface area (Å²) >= 11 is 0. The molecule has 0 aliphatic carbocycles. The molecule has 25 heavy (non-hydrogen) atoms. The highest BCUT2D eigenvalue weighted by Crippen LogP contribution is 2.15. The van der Waals surface area contributed by atoms with Crippen LogP contribution in [0.1, 0.15) is 12.1 Å². The van der Waals surface area contributed by atoms with Gasteiger partial charge < -0.3 is 4.90 Å². The van der Waals surface area contributed by atoms with Gasteiger partial charge >= 0.3 is 0 Å². The van der Waals surface area contributed by atoms with Gasteiger partial charge in [-0.15, -0.1) is 12.3 Å². The van der Waals surface area contributed by atoms with Crippen LogP contribution in [0, 0.1) is 12.3 Å². The van der Waals surface area contributed by atoms with Crippen LogP contribution < -0.4 is 5.56 Å². The van der Waals surface area contributed by atoms with Crippen molar-refractivity contribution in [2.75, 3.05) is 32.7 Å². The van der Waals surface area contributed by atoms with Gasteiger partial charge in [-0.2, -0.15) is 5.10 Å². The maximum atomic E-state index is 12.7. The molecule has 0 atom stereocenters. The van der Waals surface area contributed by atoms with E-state index in [4.69, 9.17) is 6.42 Å². The van der Waals surface area contributed by atoms with Crippen LogP contribution in [0.25, 0.3) is 10.8 Å². The number of terminal acetylenes is 1. The molecule has 1 aromatic carbocycles. The lowest BCUT2D eigenvalue weighted by atomic mass is 10.1. The van der Waals surface area contributed by atoms with Gasteiger partial charge in [0.05, 0.1) is 17.5 Å². The first-order valence-corrected chi connectivity index (χ1v) is 8.48. The SMILES string of the molecule is C#CCCN1CCN(C(=O)Cc2nn(C)c(=O)c3ccccc23)CC1. The Balaban J connectivity index is 1.72. The van der Waals surface area contributed by atoms with Gasteiger partial charge in [0, 0.05) is 51.6 Å². The Hall–Kier alpha value is -2.65. The number of aromatic nitrogens is 2. The zero-order valence-corrected chi connectivity index (χ0v) is 14.4. The maximum absolute atomic E-state index is 12.7. The number of fused-ring (bicyclic) bond motifs is 1. The topological polar surface area (TPSA) is 58.4 Å². The van der Waals surface area contributed by atoms with Crippen molar-refractivity contribution in [3.05, 3.63) is 40.3 Å². The summed E-state index contributed by atoms with van der Waals surface area (Å²) in [7, 11) is 1.62. The van der Waals surface area contributed by atoms with Crippen molar-refractivity contribution in [3.63, 3.8) is 0 Å². The third-order valence-corrected chi connectivity index (χ3v) is 4.65. The van der Waals surface area contributed by atoms with E-state index in [0.717, 1.165) is 31.4 Å². The first-order chi connectivity index (χ1) is 12.1. The van der Waals surface area contributed by atoms with Crippen molar-refractivity contribution >= 4 is 16.7 Å². The van der Waals surface area contributed by atoms with E-state index in [9.17, 15) is 9.59 Å². The van der Waals surface area contributed by atoms with E-state index in [1.807, 2.05) is 23.1 Å². The van der Waals surface area contributed by atoms with Crippen LogP contribution in [0.5, 0.6) is 0 Å². The van der Waals surface area contributed by atoms with E-state index in [-0.39, 0.29) is 17.9 Å². The summed E-state index contributed by atoms with van der Waals surface area (Å²) < 4.78 is 1.31.